The highest BCUT2D eigenvalue weighted by molar-refractivity contribution is 5.89. The molecule has 0 N–H and O–H groups in total. The van der Waals surface area contributed by atoms with Crippen LogP contribution in [0.3, 0.4) is 0 Å². The van der Waals surface area contributed by atoms with Crippen molar-refractivity contribution in [1.82, 2.24) is 0 Å². The van der Waals surface area contributed by atoms with Gasteiger partial charge in [-0.2, -0.15) is 0 Å². The summed E-state index contributed by atoms with van der Waals surface area (Å²) in [5.41, 5.74) is 0.569. The lowest BCUT2D eigenvalue weighted by molar-refractivity contribution is -0.247. The van der Waals surface area contributed by atoms with Crippen molar-refractivity contribution in [3.8, 4) is 0 Å². The van der Waals surface area contributed by atoms with Crippen molar-refractivity contribution < 1.29 is 19.0 Å². The predicted molar refractivity (Wildman–Crippen MR) is 75.3 cm³/mol. The topological polar surface area (TPSA) is 44.8 Å². The number of esters is 1. The van der Waals surface area contributed by atoms with Gasteiger partial charge in [-0.05, 0) is 19.1 Å². The molecular weight excluding hydrogens is 256 g/mol. The van der Waals surface area contributed by atoms with Crippen molar-refractivity contribution in [2.75, 3.05) is 7.11 Å². The molecule has 1 heterocycles. The molecule has 1 aliphatic heterocycles. The zero-order valence-corrected chi connectivity index (χ0v) is 12.4. The SMILES string of the molecule is COC1O[C@H](C)[C@H](C)[C@H](OC(=O)c2ccccc2)[C@@H]1C. The third kappa shape index (κ3) is 3.02. The van der Waals surface area contributed by atoms with Gasteiger partial charge in [-0.15, -0.1) is 0 Å². The molecule has 1 fully saturated rings. The summed E-state index contributed by atoms with van der Waals surface area (Å²) in [4.78, 5) is 12.2. The third-order valence-corrected chi connectivity index (χ3v) is 4.04. The summed E-state index contributed by atoms with van der Waals surface area (Å²) in [5, 5.41) is 0. The molecule has 20 heavy (non-hydrogen) atoms. The highest BCUT2D eigenvalue weighted by Gasteiger charge is 2.42. The number of carbonyl (C=O) groups is 1. The zero-order valence-electron chi connectivity index (χ0n) is 12.4. The molecule has 0 radical (unpaired) electrons. The minimum Gasteiger partial charge on any atom is -0.458 e. The van der Waals surface area contributed by atoms with Gasteiger partial charge in [-0.3, -0.25) is 0 Å². The van der Waals surface area contributed by atoms with Gasteiger partial charge in [0.05, 0.1) is 11.7 Å². The summed E-state index contributed by atoms with van der Waals surface area (Å²) in [6, 6.07) is 9.05. The molecule has 4 nitrogen and oxygen atoms in total. The molecule has 0 amide bonds. The summed E-state index contributed by atoms with van der Waals surface area (Å²) in [7, 11) is 1.61. The number of methoxy groups -OCH3 is 1. The first-order chi connectivity index (χ1) is 9.54. The van der Waals surface area contributed by atoms with E-state index in [1.165, 1.54) is 0 Å². The number of hydrogen-bond donors (Lipinski definition) is 0. The first-order valence-electron chi connectivity index (χ1n) is 6.99. The van der Waals surface area contributed by atoms with E-state index in [-0.39, 0.29) is 36.3 Å². The van der Waals surface area contributed by atoms with Gasteiger partial charge >= 0.3 is 5.97 Å². The second-order valence-electron chi connectivity index (χ2n) is 5.40. The predicted octanol–water partition coefficient (Wildman–Crippen LogP) is 2.88. The van der Waals surface area contributed by atoms with Gasteiger partial charge in [-0.25, -0.2) is 4.79 Å². The smallest absolute Gasteiger partial charge is 0.338 e. The van der Waals surface area contributed by atoms with Gasteiger partial charge in [0.25, 0.3) is 0 Å². The average molecular weight is 278 g/mol. The molecule has 0 spiro atoms. The van der Waals surface area contributed by atoms with Crippen LogP contribution in [0.4, 0.5) is 0 Å². The van der Waals surface area contributed by atoms with E-state index >= 15 is 0 Å². The molecule has 2 rings (SSSR count). The molecule has 0 aromatic heterocycles. The van der Waals surface area contributed by atoms with E-state index in [1.54, 1.807) is 19.2 Å². The summed E-state index contributed by atoms with van der Waals surface area (Å²) in [6.07, 6.45) is -0.559. The maximum atomic E-state index is 12.2. The van der Waals surface area contributed by atoms with Crippen molar-refractivity contribution in [3.05, 3.63) is 35.9 Å². The van der Waals surface area contributed by atoms with E-state index in [0.29, 0.717) is 5.56 Å². The van der Waals surface area contributed by atoms with Crippen molar-refractivity contribution in [3.63, 3.8) is 0 Å². The Morgan fingerprint density at radius 3 is 2.35 bits per heavy atom. The largest absolute Gasteiger partial charge is 0.458 e. The zero-order chi connectivity index (χ0) is 14.7. The van der Waals surface area contributed by atoms with Crippen LogP contribution in [-0.2, 0) is 14.2 Å². The van der Waals surface area contributed by atoms with Crippen molar-refractivity contribution in [1.29, 1.82) is 0 Å². The Morgan fingerprint density at radius 1 is 1.10 bits per heavy atom. The summed E-state index contributed by atoms with van der Waals surface area (Å²) >= 11 is 0. The lowest BCUT2D eigenvalue weighted by Gasteiger charge is -2.42. The third-order valence-electron chi connectivity index (χ3n) is 4.04. The minimum absolute atomic E-state index is 0.00105. The summed E-state index contributed by atoms with van der Waals surface area (Å²) in [5.74, 6) is -0.166. The Labute approximate surface area is 120 Å². The monoisotopic (exact) mass is 278 g/mol. The molecule has 1 unspecified atom stereocenters. The van der Waals surface area contributed by atoms with Crippen LogP contribution < -0.4 is 0 Å². The van der Waals surface area contributed by atoms with E-state index in [1.807, 2.05) is 39.0 Å². The number of carbonyl (C=O) groups excluding carboxylic acids is 1. The molecule has 0 aliphatic carbocycles. The second kappa shape index (κ2) is 6.37. The Balaban J connectivity index is 2.11. The molecule has 1 saturated heterocycles. The summed E-state index contributed by atoms with van der Waals surface area (Å²) < 4.78 is 16.8. The van der Waals surface area contributed by atoms with Crippen LogP contribution >= 0.6 is 0 Å². The van der Waals surface area contributed by atoms with E-state index in [2.05, 4.69) is 0 Å². The van der Waals surface area contributed by atoms with Crippen molar-refractivity contribution >= 4 is 5.97 Å². The molecule has 5 atom stereocenters. The number of benzene rings is 1. The highest BCUT2D eigenvalue weighted by Crippen LogP contribution is 2.33. The van der Waals surface area contributed by atoms with Crippen LogP contribution in [0.2, 0.25) is 0 Å². The van der Waals surface area contributed by atoms with Crippen molar-refractivity contribution in [2.45, 2.75) is 39.3 Å². The van der Waals surface area contributed by atoms with E-state index < -0.39 is 0 Å². The molecule has 0 saturated carbocycles. The fraction of sp³-hybridized carbons (Fsp3) is 0.562. The standard InChI is InChI=1S/C16H22O4/c1-10-12(3)19-16(18-4)11(2)14(10)20-15(17)13-8-6-5-7-9-13/h5-12,14,16H,1-4H3/t10-,11-,12+,14-,16?/m0/s1. The normalized spacial score (nSPS) is 33.7. The summed E-state index contributed by atoms with van der Waals surface area (Å²) in [6.45, 7) is 6.00. The lowest BCUT2D eigenvalue weighted by atomic mass is 9.86. The number of ether oxygens (including phenoxy) is 3. The Morgan fingerprint density at radius 2 is 1.75 bits per heavy atom. The minimum atomic E-state index is -0.338. The Bertz CT molecular complexity index is 445. The van der Waals surface area contributed by atoms with Gasteiger partial charge in [0.2, 0.25) is 0 Å². The molecule has 1 aromatic rings. The van der Waals surface area contributed by atoms with Gasteiger partial charge in [0.1, 0.15) is 6.10 Å². The maximum absolute atomic E-state index is 12.2. The molecular formula is C16H22O4. The quantitative estimate of drug-likeness (QED) is 0.798. The molecule has 1 aliphatic rings. The van der Waals surface area contributed by atoms with Crippen LogP contribution in [0.1, 0.15) is 31.1 Å². The molecule has 0 bridgehead atoms. The first-order valence-corrected chi connectivity index (χ1v) is 6.99. The van der Waals surface area contributed by atoms with Gasteiger partial charge in [0, 0.05) is 18.9 Å². The van der Waals surface area contributed by atoms with E-state index in [4.69, 9.17) is 14.2 Å². The Hall–Kier alpha value is -1.39. The molecule has 110 valence electrons. The van der Waals surface area contributed by atoms with Gasteiger partial charge in [-0.1, -0.05) is 32.0 Å². The first kappa shape index (κ1) is 15.0. The molecule has 4 heteroatoms. The van der Waals surface area contributed by atoms with Crippen molar-refractivity contribution in [2.24, 2.45) is 11.8 Å². The van der Waals surface area contributed by atoms with Gasteiger partial charge < -0.3 is 14.2 Å². The second-order valence-corrected chi connectivity index (χ2v) is 5.40. The fourth-order valence-electron chi connectivity index (χ4n) is 2.61. The lowest BCUT2D eigenvalue weighted by Crippen LogP contribution is -2.50. The average Bonchev–Trinajstić information content (AvgIpc) is 2.48. The van der Waals surface area contributed by atoms with Crippen LogP contribution in [0, 0.1) is 11.8 Å². The van der Waals surface area contributed by atoms with Crippen LogP contribution in [0.25, 0.3) is 0 Å². The Kier molecular flexibility index (Phi) is 4.78. The maximum Gasteiger partial charge on any atom is 0.338 e. The van der Waals surface area contributed by atoms with E-state index in [0.717, 1.165) is 0 Å². The van der Waals surface area contributed by atoms with E-state index in [9.17, 15) is 4.79 Å². The van der Waals surface area contributed by atoms with Gasteiger partial charge in [0.15, 0.2) is 6.29 Å². The fourth-order valence-corrected chi connectivity index (χ4v) is 2.61. The number of hydrogen-bond acceptors (Lipinski definition) is 4. The highest BCUT2D eigenvalue weighted by atomic mass is 16.7. The van der Waals surface area contributed by atoms with Crippen LogP contribution in [-0.4, -0.2) is 31.6 Å². The molecule has 1 aromatic carbocycles. The van der Waals surface area contributed by atoms with Crippen LogP contribution in [0.5, 0.6) is 0 Å². The van der Waals surface area contributed by atoms with Crippen LogP contribution in [0.15, 0.2) is 30.3 Å². The number of rotatable bonds is 3.